The predicted molar refractivity (Wildman–Crippen MR) is 86.2 cm³/mol. The van der Waals surface area contributed by atoms with E-state index in [4.69, 9.17) is 11.6 Å². The molecule has 1 N–H and O–H groups in total. The molecule has 0 saturated carbocycles. The largest absolute Gasteiger partial charge is 0.354 e. The van der Waals surface area contributed by atoms with Gasteiger partial charge in [-0.2, -0.15) is 0 Å². The molecule has 0 heterocycles. The second-order valence-electron chi connectivity index (χ2n) is 5.21. The second kappa shape index (κ2) is 7.13. The summed E-state index contributed by atoms with van der Waals surface area (Å²) in [6.45, 7) is 5.79. The third kappa shape index (κ3) is 5.21. The zero-order valence-corrected chi connectivity index (χ0v) is 14.3. The highest BCUT2D eigenvalue weighted by Gasteiger charge is 2.19. The lowest BCUT2D eigenvalue weighted by atomic mass is 10.2. The van der Waals surface area contributed by atoms with Gasteiger partial charge < -0.3 is 5.32 Å². The van der Waals surface area contributed by atoms with Gasteiger partial charge in [0.2, 0.25) is 15.9 Å². The summed E-state index contributed by atoms with van der Waals surface area (Å²) < 4.78 is 25.2. The van der Waals surface area contributed by atoms with E-state index in [0.717, 1.165) is 11.8 Å². The Hall–Kier alpha value is -1.27. The van der Waals surface area contributed by atoms with E-state index in [2.05, 4.69) is 5.32 Å². The van der Waals surface area contributed by atoms with E-state index in [1.54, 1.807) is 32.0 Å². The van der Waals surface area contributed by atoms with Crippen LogP contribution >= 0.6 is 11.6 Å². The molecule has 0 aromatic heterocycles. The maximum absolute atomic E-state index is 12.0. The van der Waals surface area contributed by atoms with Crippen molar-refractivity contribution in [2.75, 3.05) is 23.7 Å². The molecule has 1 aromatic carbocycles. The fourth-order valence-corrected chi connectivity index (χ4v) is 2.94. The van der Waals surface area contributed by atoms with Crippen molar-refractivity contribution in [3.8, 4) is 0 Å². The third-order valence-electron chi connectivity index (χ3n) is 2.98. The lowest BCUT2D eigenvalue weighted by Crippen LogP contribution is -2.39. The number of carbonyl (C=O) groups excluding carboxylic acids is 1. The maximum Gasteiger partial charge on any atom is 0.232 e. The van der Waals surface area contributed by atoms with Crippen LogP contribution in [0.25, 0.3) is 0 Å². The quantitative estimate of drug-likeness (QED) is 0.868. The number of nitrogens with one attached hydrogen (secondary N) is 1. The summed E-state index contributed by atoms with van der Waals surface area (Å²) in [7, 11) is -3.45. The van der Waals surface area contributed by atoms with E-state index in [9.17, 15) is 13.2 Å². The fourth-order valence-electron chi connectivity index (χ4n) is 1.80. The van der Waals surface area contributed by atoms with Gasteiger partial charge in [-0.25, -0.2) is 8.42 Å². The normalized spacial score (nSPS) is 11.5. The molecule has 0 unspecified atom stereocenters. The summed E-state index contributed by atoms with van der Waals surface area (Å²) in [5, 5.41) is 3.18. The minimum atomic E-state index is -3.45. The molecule has 7 heteroatoms. The van der Waals surface area contributed by atoms with Crippen LogP contribution < -0.4 is 9.62 Å². The predicted octanol–water partition coefficient (Wildman–Crippen LogP) is 2.19. The highest BCUT2D eigenvalue weighted by Crippen LogP contribution is 2.25. The van der Waals surface area contributed by atoms with Gasteiger partial charge in [-0.1, -0.05) is 31.5 Å². The maximum atomic E-state index is 12.0. The number of sulfonamides is 1. The number of halogens is 1. The van der Waals surface area contributed by atoms with Crippen molar-refractivity contribution in [2.24, 2.45) is 5.92 Å². The first-order valence-corrected chi connectivity index (χ1v) is 8.87. The average Bonchev–Trinajstić information content (AvgIpc) is 2.36. The van der Waals surface area contributed by atoms with Crippen LogP contribution in [-0.2, 0) is 14.8 Å². The molecule has 0 spiro atoms. The molecule has 1 amide bonds. The minimum absolute atomic E-state index is 0.105. The molecule has 0 bridgehead atoms. The monoisotopic (exact) mass is 332 g/mol. The summed E-state index contributed by atoms with van der Waals surface area (Å²) in [5.41, 5.74) is 1.34. The highest BCUT2D eigenvalue weighted by atomic mass is 35.5. The molecule has 21 heavy (non-hydrogen) atoms. The smallest absolute Gasteiger partial charge is 0.232 e. The Morgan fingerprint density at radius 1 is 1.38 bits per heavy atom. The first kappa shape index (κ1) is 17.8. The van der Waals surface area contributed by atoms with Crippen LogP contribution in [-0.4, -0.2) is 33.7 Å². The molecular weight excluding hydrogens is 312 g/mol. The molecule has 0 aliphatic heterocycles. The zero-order valence-electron chi connectivity index (χ0n) is 12.7. The highest BCUT2D eigenvalue weighted by molar-refractivity contribution is 7.92. The summed E-state index contributed by atoms with van der Waals surface area (Å²) in [5.74, 6) is -0.240. The van der Waals surface area contributed by atoms with Crippen LogP contribution in [0.3, 0.4) is 0 Å². The number of rotatable bonds is 6. The summed E-state index contributed by atoms with van der Waals surface area (Å²) in [6.07, 6.45) is 1.14. The summed E-state index contributed by atoms with van der Waals surface area (Å²) in [6, 6.07) is 5.09. The Labute approximate surface area is 131 Å². The standard InChI is InChI=1S/C14H21ClN2O3S/c1-10(2)14(18)16-7-8-17(21(4,19)20)13-9-12(15)6-5-11(13)3/h5-6,9-10H,7-8H2,1-4H3,(H,16,18). The van der Waals surface area contributed by atoms with Crippen LogP contribution in [0.4, 0.5) is 5.69 Å². The van der Waals surface area contributed by atoms with Gasteiger partial charge in [-0.05, 0) is 24.6 Å². The van der Waals surface area contributed by atoms with Gasteiger partial charge in [0.25, 0.3) is 0 Å². The Balaban J connectivity index is 2.93. The molecule has 0 saturated heterocycles. The lowest BCUT2D eigenvalue weighted by Gasteiger charge is -2.24. The number of hydrogen-bond acceptors (Lipinski definition) is 3. The number of hydrogen-bond donors (Lipinski definition) is 1. The molecule has 118 valence electrons. The van der Waals surface area contributed by atoms with Gasteiger partial charge >= 0.3 is 0 Å². The van der Waals surface area contributed by atoms with Crippen molar-refractivity contribution in [3.63, 3.8) is 0 Å². The third-order valence-corrected chi connectivity index (χ3v) is 4.39. The number of anilines is 1. The Bertz CT molecular complexity index is 615. The molecule has 0 fully saturated rings. The Kier molecular flexibility index (Phi) is 6.04. The van der Waals surface area contributed by atoms with Crippen molar-refractivity contribution < 1.29 is 13.2 Å². The van der Waals surface area contributed by atoms with Crippen molar-refractivity contribution in [1.82, 2.24) is 5.32 Å². The van der Waals surface area contributed by atoms with E-state index >= 15 is 0 Å². The van der Waals surface area contributed by atoms with Crippen molar-refractivity contribution in [3.05, 3.63) is 28.8 Å². The van der Waals surface area contributed by atoms with Crippen molar-refractivity contribution >= 4 is 33.2 Å². The van der Waals surface area contributed by atoms with Gasteiger partial charge in [0.05, 0.1) is 18.5 Å². The van der Waals surface area contributed by atoms with Gasteiger partial charge in [0.15, 0.2) is 0 Å². The fraction of sp³-hybridized carbons (Fsp3) is 0.500. The Morgan fingerprint density at radius 3 is 2.52 bits per heavy atom. The molecular formula is C14H21ClN2O3S. The van der Waals surface area contributed by atoms with Crippen molar-refractivity contribution in [2.45, 2.75) is 20.8 Å². The minimum Gasteiger partial charge on any atom is -0.354 e. The van der Waals surface area contributed by atoms with Gasteiger partial charge in [-0.15, -0.1) is 0 Å². The van der Waals surface area contributed by atoms with E-state index in [1.165, 1.54) is 4.31 Å². The molecule has 5 nitrogen and oxygen atoms in total. The van der Waals surface area contributed by atoms with Gasteiger partial charge in [0, 0.05) is 17.5 Å². The van der Waals surface area contributed by atoms with Crippen LogP contribution in [0.15, 0.2) is 18.2 Å². The first-order valence-electron chi connectivity index (χ1n) is 6.64. The second-order valence-corrected chi connectivity index (χ2v) is 7.55. The van der Waals surface area contributed by atoms with Crippen LogP contribution in [0.1, 0.15) is 19.4 Å². The number of amides is 1. The van der Waals surface area contributed by atoms with Crippen molar-refractivity contribution in [1.29, 1.82) is 0 Å². The average molecular weight is 333 g/mol. The van der Waals surface area contributed by atoms with E-state index in [1.807, 2.05) is 6.92 Å². The topological polar surface area (TPSA) is 66.5 Å². The summed E-state index contributed by atoms with van der Waals surface area (Å²) >= 11 is 5.95. The molecule has 0 aliphatic carbocycles. The SMILES string of the molecule is Cc1ccc(Cl)cc1N(CCNC(=O)C(C)C)S(C)(=O)=O. The number of carbonyl (C=O) groups is 1. The molecule has 0 atom stereocenters. The van der Waals surface area contributed by atoms with E-state index < -0.39 is 10.0 Å². The van der Waals surface area contributed by atoms with Crippen LogP contribution in [0, 0.1) is 12.8 Å². The van der Waals surface area contributed by atoms with E-state index in [-0.39, 0.29) is 24.9 Å². The summed E-state index contributed by atoms with van der Waals surface area (Å²) in [4.78, 5) is 11.5. The van der Waals surface area contributed by atoms with E-state index in [0.29, 0.717) is 10.7 Å². The number of nitrogens with zero attached hydrogens (tertiary/aromatic N) is 1. The lowest BCUT2D eigenvalue weighted by molar-refractivity contribution is -0.123. The Morgan fingerprint density at radius 2 is 2.00 bits per heavy atom. The molecule has 0 radical (unpaired) electrons. The first-order chi connectivity index (χ1) is 9.62. The van der Waals surface area contributed by atoms with Crippen LogP contribution in [0.5, 0.6) is 0 Å². The molecule has 0 aliphatic rings. The van der Waals surface area contributed by atoms with Gasteiger partial charge in [-0.3, -0.25) is 9.10 Å². The zero-order chi connectivity index (χ0) is 16.2. The molecule has 1 rings (SSSR count). The number of aryl methyl sites for hydroxylation is 1. The molecule has 1 aromatic rings. The van der Waals surface area contributed by atoms with Gasteiger partial charge in [0.1, 0.15) is 0 Å². The van der Waals surface area contributed by atoms with Crippen LogP contribution in [0.2, 0.25) is 5.02 Å². The number of benzene rings is 1.